The maximum atomic E-state index is 12.3. The highest BCUT2D eigenvalue weighted by Crippen LogP contribution is 2.18. The van der Waals surface area contributed by atoms with Gasteiger partial charge in [0.05, 0.1) is 6.54 Å². The van der Waals surface area contributed by atoms with Crippen LogP contribution in [0.3, 0.4) is 0 Å². The van der Waals surface area contributed by atoms with E-state index in [0.29, 0.717) is 42.4 Å². The van der Waals surface area contributed by atoms with Crippen LogP contribution in [0.2, 0.25) is 0 Å². The van der Waals surface area contributed by atoms with Gasteiger partial charge in [0.25, 0.3) is 0 Å². The van der Waals surface area contributed by atoms with Crippen molar-refractivity contribution < 1.29 is 23.9 Å². The van der Waals surface area contributed by atoms with Crippen LogP contribution in [-0.2, 0) is 25.6 Å². The molecule has 10 heteroatoms. The van der Waals surface area contributed by atoms with Gasteiger partial charge in [-0.15, -0.1) is 22.9 Å². The Hall–Kier alpha value is -2.39. The number of halogens is 1. The van der Waals surface area contributed by atoms with E-state index in [1.165, 1.54) is 11.3 Å². The van der Waals surface area contributed by atoms with Gasteiger partial charge in [0.15, 0.2) is 5.69 Å². The lowest BCUT2D eigenvalue weighted by Crippen LogP contribution is -2.34. The van der Waals surface area contributed by atoms with Gasteiger partial charge in [0.2, 0.25) is 5.91 Å². The zero-order chi connectivity index (χ0) is 26.6. The summed E-state index contributed by atoms with van der Waals surface area (Å²) in [5, 5.41) is 8.09. The Balaban J connectivity index is 2.60. The smallest absolute Gasteiger partial charge is 0.358 e. The van der Waals surface area contributed by atoms with Gasteiger partial charge in [-0.2, -0.15) is 0 Å². The number of allylic oxidation sites excluding steroid dienone is 1. The summed E-state index contributed by atoms with van der Waals surface area (Å²) in [7, 11) is 0. The van der Waals surface area contributed by atoms with Crippen LogP contribution in [0.5, 0.6) is 0 Å². The first-order chi connectivity index (χ1) is 16.2. The molecule has 1 heterocycles. The number of thiazole rings is 1. The maximum Gasteiger partial charge on any atom is 0.358 e. The fraction of sp³-hybridized carbons (Fsp3) is 0.600. The fourth-order valence-electron chi connectivity index (χ4n) is 2.72. The number of aromatic nitrogens is 1. The lowest BCUT2D eigenvalue weighted by molar-refractivity contribution is -0.147. The first-order valence-corrected chi connectivity index (χ1v) is 12.9. The van der Waals surface area contributed by atoms with E-state index in [-0.39, 0.29) is 23.6 Å². The molecule has 0 saturated carbocycles. The summed E-state index contributed by atoms with van der Waals surface area (Å²) >= 11 is 7.07. The molecule has 1 rings (SSSR count). The first kappa shape index (κ1) is 30.6. The molecule has 0 aromatic carbocycles. The second kappa shape index (κ2) is 14.2. The van der Waals surface area contributed by atoms with Gasteiger partial charge >= 0.3 is 11.9 Å². The minimum absolute atomic E-state index is 0.171. The first-order valence-electron chi connectivity index (χ1n) is 11.5. The zero-order valence-corrected chi connectivity index (χ0v) is 23.1. The van der Waals surface area contributed by atoms with Crippen molar-refractivity contribution >= 4 is 40.8 Å². The second-order valence-electron chi connectivity index (χ2n) is 10.2. The summed E-state index contributed by atoms with van der Waals surface area (Å²) in [5.74, 6) is -0.764. The van der Waals surface area contributed by atoms with E-state index in [4.69, 9.17) is 21.1 Å². The fourth-order valence-corrected chi connectivity index (χ4v) is 3.55. The molecule has 2 N–H and O–H groups in total. The average Bonchev–Trinajstić information content (AvgIpc) is 3.18. The molecule has 1 aromatic heterocycles. The largest absolute Gasteiger partial charge is 0.456 e. The molecule has 0 aliphatic carbocycles. The molecule has 0 spiro atoms. The number of nitrogens with zero attached hydrogens (tertiary/aromatic N) is 1. The number of hydrogen-bond acceptors (Lipinski definition) is 8. The Morgan fingerprint density at radius 1 is 1.20 bits per heavy atom. The van der Waals surface area contributed by atoms with Gasteiger partial charge in [0, 0.05) is 29.8 Å². The molecule has 0 radical (unpaired) electrons. The number of carbonyl (C=O) groups is 3. The highest BCUT2D eigenvalue weighted by Gasteiger charge is 2.21. The quantitative estimate of drug-likeness (QED) is 0.217. The molecule has 0 aliphatic heterocycles. The van der Waals surface area contributed by atoms with Crippen molar-refractivity contribution in [3.05, 3.63) is 40.5 Å². The van der Waals surface area contributed by atoms with Crippen molar-refractivity contribution in [3.8, 4) is 0 Å². The lowest BCUT2D eigenvalue weighted by Gasteiger charge is -2.19. The van der Waals surface area contributed by atoms with Gasteiger partial charge in [-0.05, 0) is 38.7 Å². The van der Waals surface area contributed by atoms with E-state index in [1.54, 1.807) is 32.2 Å². The molecule has 0 fully saturated rings. The summed E-state index contributed by atoms with van der Waals surface area (Å²) in [5.41, 5.74) is 0.127. The summed E-state index contributed by atoms with van der Waals surface area (Å²) in [6.07, 6.45) is 4.29. The van der Waals surface area contributed by atoms with Crippen molar-refractivity contribution in [1.82, 2.24) is 15.6 Å². The molecule has 0 saturated heterocycles. The molecule has 1 atom stereocenters. The molecular formula is C25H38ClN3O5S. The maximum absolute atomic E-state index is 12.3. The van der Waals surface area contributed by atoms with E-state index in [1.807, 2.05) is 26.8 Å². The molecule has 8 nitrogen and oxygen atoms in total. The Morgan fingerprint density at radius 3 is 2.49 bits per heavy atom. The van der Waals surface area contributed by atoms with Crippen LogP contribution < -0.4 is 10.6 Å². The van der Waals surface area contributed by atoms with Gasteiger partial charge < -0.3 is 20.1 Å². The van der Waals surface area contributed by atoms with Crippen molar-refractivity contribution in [2.45, 2.75) is 79.1 Å². The van der Waals surface area contributed by atoms with Gasteiger partial charge in [-0.1, -0.05) is 33.4 Å². The molecule has 0 bridgehead atoms. The molecule has 0 aliphatic rings. The minimum Gasteiger partial charge on any atom is -0.456 e. The average molecular weight is 528 g/mol. The van der Waals surface area contributed by atoms with Crippen LogP contribution in [0.15, 0.2) is 29.8 Å². The van der Waals surface area contributed by atoms with E-state index >= 15 is 0 Å². The summed E-state index contributed by atoms with van der Waals surface area (Å²) in [6.45, 7) is 15.4. The van der Waals surface area contributed by atoms with E-state index in [0.717, 1.165) is 0 Å². The highest BCUT2D eigenvalue weighted by molar-refractivity contribution is 7.09. The summed E-state index contributed by atoms with van der Waals surface area (Å²) in [6, 6.07) is 0. The number of carbonyl (C=O) groups excluding carboxylic acids is 3. The highest BCUT2D eigenvalue weighted by atomic mass is 35.5. The zero-order valence-electron chi connectivity index (χ0n) is 21.5. The van der Waals surface area contributed by atoms with Crippen LogP contribution >= 0.6 is 22.9 Å². The van der Waals surface area contributed by atoms with Crippen molar-refractivity contribution in [2.24, 2.45) is 5.41 Å². The number of hydrogen-bond donors (Lipinski definition) is 2. The molecule has 1 amide bonds. The number of rotatable bonds is 13. The van der Waals surface area contributed by atoms with Crippen molar-refractivity contribution in [1.29, 1.82) is 0 Å². The molecule has 196 valence electrons. The summed E-state index contributed by atoms with van der Waals surface area (Å²) < 4.78 is 10.9. The predicted molar refractivity (Wildman–Crippen MR) is 139 cm³/mol. The van der Waals surface area contributed by atoms with Crippen LogP contribution in [0.1, 0.15) is 76.3 Å². The Labute approximate surface area is 217 Å². The van der Waals surface area contributed by atoms with E-state index < -0.39 is 23.6 Å². The topological polar surface area (TPSA) is 107 Å². The number of esters is 2. The Bertz CT molecular complexity index is 900. The SMILES string of the molecule is C=C(CC(/C=C/CCCl)OC(=O)CNC(=O)CC(C)(C)C)NCc1nc(C(=O)OC(C)(C)C)cs1. The van der Waals surface area contributed by atoms with Crippen LogP contribution in [0.4, 0.5) is 0 Å². The third-order valence-electron chi connectivity index (χ3n) is 4.13. The Kier molecular flexibility index (Phi) is 12.5. The van der Waals surface area contributed by atoms with E-state index in [9.17, 15) is 14.4 Å². The number of nitrogens with one attached hydrogen (secondary N) is 2. The summed E-state index contributed by atoms with van der Waals surface area (Å²) in [4.78, 5) is 40.7. The third kappa shape index (κ3) is 14.6. The second-order valence-corrected chi connectivity index (χ2v) is 11.6. The number of amides is 1. The third-order valence-corrected chi connectivity index (χ3v) is 5.19. The van der Waals surface area contributed by atoms with Gasteiger partial charge in [-0.25, -0.2) is 9.78 Å². The van der Waals surface area contributed by atoms with Gasteiger partial charge in [0.1, 0.15) is 23.3 Å². The van der Waals surface area contributed by atoms with Crippen LogP contribution in [0.25, 0.3) is 0 Å². The number of ether oxygens (including phenoxy) is 2. The molecule has 1 unspecified atom stereocenters. The monoisotopic (exact) mass is 527 g/mol. The van der Waals surface area contributed by atoms with Gasteiger partial charge in [-0.3, -0.25) is 9.59 Å². The molecular weight excluding hydrogens is 490 g/mol. The van der Waals surface area contributed by atoms with Crippen LogP contribution in [-0.4, -0.2) is 47.0 Å². The Morgan fingerprint density at radius 2 is 1.89 bits per heavy atom. The van der Waals surface area contributed by atoms with Crippen molar-refractivity contribution in [2.75, 3.05) is 12.4 Å². The lowest BCUT2D eigenvalue weighted by atomic mass is 9.92. The van der Waals surface area contributed by atoms with Crippen molar-refractivity contribution in [3.63, 3.8) is 0 Å². The normalized spacial score (nSPS) is 12.8. The predicted octanol–water partition coefficient (Wildman–Crippen LogP) is 4.74. The molecule has 35 heavy (non-hydrogen) atoms. The van der Waals surface area contributed by atoms with E-state index in [2.05, 4.69) is 22.2 Å². The number of alkyl halides is 1. The standard InChI is InChI=1S/C25H38ClN3O5S/c1-17(27-14-21-29-19(16-35-21)23(32)34-25(5,6)7)12-18(10-8-9-11-26)33-22(31)15-28-20(30)13-24(2,3)4/h8,10,16,18,27H,1,9,11-15H2,2-7H3,(H,28,30)/b10-8+. The minimum atomic E-state index is -0.591. The molecule has 1 aromatic rings. The van der Waals surface area contributed by atoms with Crippen LogP contribution in [0, 0.1) is 5.41 Å².